The fourth-order valence-corrected chi connectivity index (χ4v) is 4.29. The van der Waals surface area contributed by atoms with E-state index in [9.17, 15) is 5.11 Å². The molecule has 3 heterocycles. The minimum atomic E-state index is 0.161. The fraction of sp³-hybridized carbons (Fsp3) is 0.269. The molecule has 0 aliphatic carbocycles. The Kier molecular flexibility index (Phi) is 6.14. The summed E-state index contributed by atoms with van der Waals surface area (Å²) in [4.78, 5) is 6.68. The van der Waals surface area contributed by atoms with Crippen molar-refractivity contribution in [2.75, 3.05) is 20.2 Å². The molecule has 1 fully saturated rings. The molecule has 2 aromatic heterocycles. The monoisotopic (exact) mass is 457 g/mol. The summed E-state index contributed by atoms with van der Waals surface area (Å²) in [7, 11) is 1.54. The lowest BCUT2D eigenvalue weighted by molar-refractivity contribution is 0.218. The van der Waals surface area contributed by atoms with Gasteiger partial charge >= 0.3 is 0 Å². The number of rotatable bonds is 6. The summed E-state index contributed by atoms with van der Waals surface area (Å²) in [6, 6.07) is 15.2. The molecule has 0 saturated carbocycles. The summed E-state index contributed by atoms with van der Waals surface area (Å²) in [5, 5.41) is 24.2. The average Bonchev–Trinajstić information content (AvgIpc) is 3.32. The maximum Gasteiger partial charge on any atom is 0.231 e. The van der Waals surface area contributed by atoms with E-state index in [-0.39, 0.29) is 11.2 Å². The van der Waals surface area contributed by atoms with Gasteiger partial charge in [-0.1, -0.05) is 36.8 Å². The van der Waals surface area contributed by atoms with Crippen molar-refractivity contribution in [3.05, 3.63) is 71.5 Å². The fourth-order valence-electron chi connectivity index (χ4n) is 4.29. The highest BCUT2D eigenvalue weighted by Gasteiger charge is 2.16. The van der Waals surface area contributed by atoms with Gasteiger partial charge in [-0.05, 0) is 49.7 Å². The zero-order chi connectivity index (χ0) is 23.5. The number of nitrogens with zero attached hydrogens (tertiary/aromatic N) is 4. The molecule has 0 amide bonds. The Labute approximate surface area is 197 Å². The summed E-state index contributed by atoms with van der Waals surface area (Å²) < 4.78 is 12.6. The van der Waals surface area contributed by atoms with Crippen molar-refractivity contribution in [2.45, 2.75) is 25.8 Å². The van der Waals surface area contributed by atoms with E-state index < -0.39 is 0 Å². The number of aromatic nitrogens is 2. The van der Waals surface area contributed by atoms with Crippen LogP contribution in [0, 0.1) is 5.41 Å². The number of likely N-dealkylation sites (tertiary alicyclic amines) is 1. The molecule has 2 aromatic carbocycles. The van der Waals surface area contributed by atoms with E-state index in [1.807, 2.05) is 42.5 Å². The largest absolute Gasteiger partial charge is 0.504 e. The second kappa shape index (κ2) is 9.52. The molecule has 4 aromatic rings. The highest BCUT2D eigenvalue weighted by Crippen LogP contribution is 2.32. The number of phenolic OH excluding ortho intramolecular Hbond substituents is 1. The predicted molar refractivity (Wildman–Crippen MR) is 130 cm³/mol. The van der Waals surface area contributed by atoms with Crippen LogP contribution in [0.15, 0.2) is 64.4 Å². The molecule has 0 radical (unpaired) electrons. The van der Waals surface area contributed by atoms with Gasteiger partial charge in [-0.15, -0.1) is 0 Å². The second-order valence-electron chi connectivity index (χ2n) is 8.45. The highest BCUT2D eigenvalue weighted by molar-refractivity contribution is 5.82. The quantitative estimate of drug-likeness (QED) is 0.419. The molecule has 1 aliphatic rings. The Morgan fingerprint density at radius 2 is 1.94 bits per heavy atom. The van der Waals surface area contributed by atoms with E-state index >= 15 is 0 Å². The first-order valence-electron chi connectivity index (χ1n) is 11.4. The van der Waals surface area contributed by atoms with Gasteiger partial charge in [0.2, 0.25) is 5.71 Å². The summed E-state index contributed by atoms with van der Waals surface area (Å²) in [6.07, 6.45) is 6.72. The Bertz CT molecular complexity index is 1390. The third-order valence-electron chi connectivity index (χ3n) is 6.11. The van der Waals surface area contributed by atoms with Gasteiger partial charge in [0.15, 0.2) is 17.0 Å². The van der Waals surface area contributed by atoms with Crippen molar-refractivity contribution < 1.29 is 14.3 Å². The molecule has 0 atom stereocenters. The SMILES string of the molecule is COc1cc(/C=N/n2cnc3oc(-c4ccccc4)cc3c2=N)cc(CN2CCCCC2)c1O. The zero-order valence-electron chi connectivity index (χ0n) is 19.1. The summed E-state index contributed by atoms with van der Waals surface area (Å²) in [6.45, 7) is 2.71. The summed E-state index contributed by atoms with van der Waals surface area (Å²) in [5.74, 6) is 1.22. The average molecular weight is 458 g/mol. The molecule has 2 N–H and O–H groups in total. The summed E-state index contributed by atoms with van der Waals surface area (Å²) in [5.41, 5.74) is 3.06. The van der Waals surface area contributed by atoms with Crippen molar-refractivity contribution in [1.29, 1.82) is 5.41 Å². The van der Waals surface area contributed by atoms with Gasteiger partial charge in [-0.25, -0.2) is 9.66 Å². The van der Waals surface area contributed by atoms with Crippen molar-refractivity contribution in [3.63, 3.8) is 0 Å². The Morgan fingerprint density at radius 3 is 2.71 bits per heavy atom. The lowest BCUT2D eigenvalue weighted by atomic mass is 10.1. The molecule has 1 saturated heterocycles. The molecular weight excluding hydrogens is 430 g/mol. The third-order valence-corrected chi connectivity index (χ3v) is 6.11. The Hall–Kier alpha value is -3.91. The number of phenols is 1. The molecule has 0 unspecified atom stereocenters. The van der Waals surface area contributed by atoms with E-state index in [2.05, 4.69) is 15.0 Å². The molecule has 0 spiro atoms. The number of fused-ring (bicyclic) bond motifs is 1. The first-order chi connectivity index (χ1) is 16.6. The van der Waals surface area contributed by atoms with Crippen LogP contribution in [-0.2, 0) is 6.54 Å². The number of benzene rings is 2. The van der Waals surface area contributed by atoms with Gasteiger partial charge in [0, 0.05) is 17.7 Å². The summed E-state index contributed by atoms with van der Waals surface area (Å²) >= 11 is 0. The van der Waals surface area contributed by atoms with Gasteiger partial charge in [0.25, 0.3) is 0 Å². The van der Waals surface area contributed by atoms with Crippen LogP contribution in [0.5, 0.6) is 11.5 Å². The van der Waals surface area contributed by atoms with Crippen LogP contribution < -0.4 is 10.2 Å². The third kappa shape index (κ3) is 4.45. The first-order valence-corrected chi connectivity index (χ1v) is 11.4. The number of aromatic hydroxyl groups is 1. The number of piperidine rings is 1. The van der Waals surface area contributed by atoms with E-state index in [0.29, 0.717) is 29.2 Å². The van der Waals surface area contributed by atoms with Gasteiger partial charge in [0.1, 0.15) is 12.1 Å². The second-order valence-corrected chi connectivity index (χ2v) is 8.45. The Balaban J connectivity index is 1.45. The van der Waals surface area contributed by atoms with Crippen LogP contribution in [0.3, 0.4) is 0 Å². The van der Waals surface area contributed by atoms with E-state index in [0.717, 1.165) is 29.8 Å². The number of hydrogen-bond donors (Lipinski definition) is 2. The molecular formula is C26H27N5O3. The van der Waals surface area contributed by atoms with Crippen LogP contribution in [0.1, 0.15) is 30.4 Å². The smallest absolute Gasteiger partial charge is 0.231 e. The lowest BCUT2D eigenvalue weighted by Gasteiger charge is -2.27. The number of furan rings is 1. The highest BCUT2D eigenvalue weighted by atomic mass is 16.5. The molecule has 5 rings (SSSR count). The van der Waals surface area contributed by atoms with Gasteiger partial charge in [-0.3, -0.25) is 10.3 Å². The number of nitrogens with one attached hydrogen (secondary N) is 1. The van der Waals surface area contributed by atoms with Crippen molar-refractivity contribution in [2.24, 2.45) is 5.10 Å². The van der Waals surface area contributed by atoms with Crippen LogP contribution in [-0.4, -0.2) is 46.1 Å². The minimum Gasteiger partial charge on any atom is -0.504 e. The van der Waals surface area contributed by atoms with Crippen LogP contribution in [0.4, 0.5) is 0 Å². The maximum atomic E-state index is 10.6. The van der Waals surface area contributed by atoms with Crippen LogP contribution in [0.2, 0.25) is 0 Å². The maximum absolute atomic E-state index is 10.6. The van der Waals surface area contributed by atoms with E-state index in [1.54, 1.807) is 19.4 Å². The van der Waals surface area contributed by atoms with E-state index in [1.165, 1.54) is 30.3 Å². The number of methoxy groups -OCH3 is 1. The molecule has 174 valence electrons. The molecule has 8 nitrogen and oxygen atoms in total. The molecule has 1 aliphatic heterocycles. The minimum absolute atomic E-state index is 0.161. The van der Waals surface area contributed by atoms with E-state index in [4.69, 9.17) is 14.6 Å². The Morgan fingerprint density at radius 1 is 1.15 bits per heavy atom. The zero-order valence-corrected chi connectivity index (χ0v) is 19.1. The van der Waals surface area contributed by atoms with Crippen LogP contribution in [0.25, 0.3) is 22.4 Å². The topological polar surface area (TPSA) is 99.9 Å². The molecule has 34 heavy (non-hydrogen) atoms. The number of ether oxygens (including phenoxy) is 1. The van der Waals surface area contributed by atoms with Gasteiger partial charge in [0.05, 0.1) is 18.7 Å². The van der Waals surface area contributed by atoms with Crippen molar-refractivity contribution in [1.82, 2.24) is 14.6 Å². The van der Waals surface area contributed by atoms with Gasteiger partial charge in [-0.2, -0.15) is 5.10 Å². The van der Waals surface area contributed by atoms with Crippen LogP contribution >= 0.6 is 0 Å². The standard InChI is InChI=1S/C26H27N5O3/c1-33-23-13-18(12-20(24(23)32)16-30-10-6-3-7-11-30)15-29-31-17-28-26-21(25(31)27)14-22(34-26)19-8-4-2-5-9-19/h2,4-5,8-9,12-15,17,27,32H,3,6-7,10-11,16H2,1H3/b27-25?,29-15+. The predicted octanol–water partition coefficient (Wildman–Crippen LogP) is 4.36. The molecule has 0 bridgehead atoms. The van der Waals surface area contributed by atoms with Crippen molar-refractivity contribution in [3.8, 4) is 22.8 Å². The molecule has 8 heteroatoms. The first kappa shape index (κ1) is 21.9. The lowest BCUT2D eigenvalue weighted by Crippen LogP contribution is -2.29. The van der Waals surface area contributed by atoms with Crippen molar-refractivity contribution >= 4 is 17.3 Å². The van der Waals surface area contributed by atoms with Gasteiger partial charge < -0.3 is 14.3 Å². The number of hydrogen-bond acceptors (Lipinski definition) is 7. The normalized spacial score (nSPS) is 14.7.